The summed E-state index contributed by atoms with van der Waals surface area (Å²) in [7, 11) is -2.36. The first-order chi connectivity index (χ1) is 9.96. The van der Waals surface area contributed by atoms with E-state index in [2.05, 4.69) is 18.6 Å². The molecule has 0 aliphatic carbocycles. The Morgan fingerprint density at radius 2 is 1.76 bits per heavy atom. The molecule has 21 heavy (non-hydrogen) atoms. The van der Waals surface area contributed by atoms with Gasteiger partial charge < -0.3 is 9.32 Å². The number of nitrogens with zero attached hydrogens (tertiary/aromatic N) is 1. The molecule has 0 aliphatic rings. The standard InChI is InChI=1S/C14H24N2O4S/c1-4-6-10-16(11-7-5-2)14(17)12-8-9-13(20-12)21(18,19)15-3/h8-9,15H,4-7,10-11H2,1-3H3. The first-order valence-corrected chi connectivity index (χ1v) is 8.77. The van der Waals surface area contributed by atoms with Crippen molar-refractivity contribution in [3.05, 3.63) is 17.9 Å². The fourth-order valence-corrected chi connectivity index (χ4v) is 2.50. The van der Waals surface area contributed by atoms with Gasteiger partial charge in [0, 0.05) is 13.1 Å². The SMILES string of the molecule is CCCCN(CCCC)C(=O)c1ccc(S(=O)(=O)NC)o1. The highest BCUT2D eigenvalue weighted by Crippen LogP contribution is 2.16. The Kier molecular flexibility index (Phi) is 6.91. The average molecular weight is 316 g/mol. The maximum absolute atomic E-state index is 12.4. The van der Waals surface area contributed by atoms with Crippen molar-refractivity contribution in [2.75, 3.05) is 20.1 Å². The van der Waals surface area contributed by atoms with Gasteiger partial charge in [0.1, 0.15) is 0 Å². The molecule has 0 bridgehead atoms. The van der Waals surface area contributed by atoms with Crippen molar-refractivity contribution in [3.8, 4) is 0 Å². The second-order valence-electron chi connectivity index (χ2n) is 4.83. The Morgan fingerprint density at radius 1 is 1.19 bits per heavy atom. The van der Waals surface area contributed by atoms with Crippen molar-refractivity contribution in [2.45, 2.75) is 44.6 Å². The van der Waals surface area contributed by atoms with Crippen molar-refractivity contribution in [1.29, 1.82) is 0 Å². The lowest BCUT2D eigenvalue weighted by Gasteiger charge is -2.21. The van der Waals surface area contributed by atoms with Crippen LogP contribution in [0.1, 0.15) is 50.1 Å². The maximum Gasteiger partial charge on any atom is 0.289 e. The monoisotopic (exact) mass is 316 g/mol. The maximum atomic E-state index is 12.4. The zero-order valence-electron chi connectivity index (χ0n) is 12.9. The molecule has 0 aliphatic heterocycles. The van der Waals surface area contributed by atoms with Gasteiger partial charge in [-0.05, 0) is 32.0 Å². The van der Waals surface area contributed by atoms with Gasteiger partial charge in [0.05, 0.1) is 0 Å². The van der Waals surface area contributed by atoms with Gasteiger partial charge in [0.25, 0.3) is 15.9 Å². The number of hydrogen-bond acceptors (Lipinski definition) is 4. The summed E-state index contributed by atoms with van der Waals surface area (Å²) in [5.74, 6) is -0.189. The van der Waals surface area contributed by atoms with Crippen LogP contribution in [0, 0.1) is 0 Å². The summed E-state index contributed by atoms with van der Waals surface area (Å²) in [6.07, 6.45) is 3.82. The first-order valence-electron chi connectivity index (χ1n) is 7.28. The van der Waals surface area contributed by atoms with E-state index in [9.17, 15) is 13.2 Å². The van der Waals surface area contributed by atoms with Gasteiger partial charge in [-0.15, -0.1) is 0 Å². The number of nitrogens with one attached hydrogen (secondary N) is 1. The Balaban J connectivity index is 2.88. The molecule has 6 nitrogen and oxygen atoms in total. The molecule has 1 aromatic rings. The molecule has 1 aromatic heterocycles. The van der Waals surface area contributed by atoms with E-state index in [0.29, 0.717) is 13.1 Å². The topological polar surface area (TPSA) is 79.6 Å². The lowest BCUT2D eigenvalue weighted by Crippen LogP contribution is -2.32. The largest absolute Gasteiger partial charge is 0.438 e. The average Bonchev–Trinajstić information content (AvgIpc) is 2.97. The normalized spacial score (nSPS) is 11.6. The second-order valence-corrected chi connectivity index (χ2v) is 6.64. The molecule has 0 saturated carbocycles. The molecule has 0 spiro atoms. The number of sulfonamides is 1. The zero-order chi connectivity index (χ0) is 15.9. The summed E-state index contributed by atoms with van der Waals surface area (Å²) in [5, 5.41) is -0.237. The highest BCUT2D eigenvalue weighted by molar-refractivity contribution is 7.89. The van der Waals surface area contributed by atoms with Crippen LogP contribution < -0.4 is 4.72 Å². The van der Waals surface area contributed by atoms with Gasteiger partial charge in [0.2, 0.25) is 5.09 Å². The van der Waals surface area contributed by atoms with Gasteiger partial charge in [-0.2, -0.15) is 0 Å². The van der Waals surface area contributed by atoms with E-state index in [1.54, 1.807) is 4.90 Å². The Labute approximate surface area is 126 Å². The third kappa shape index (κ3) is 4.86. The molecule has 120 valence electrons. The summed E-state index contributed by atoms with van der Waals surface area (Å²) in [6.45, 7) is 5.44. The highest BCUT2D eigenvalue weighted by Gasteiger charge is 2.22. The number of unbranched alkanes of at least 4 members (excludes halogenated alkanes) is 2. The minimum absolute atomic E-state index is 0.0658. The Hall–Kier alpha value is -1.34. The van der Waals surface area contributed by atoms with Crippen molar-refractivity contribution in [1.82, 2.24) is 9.62 Å². The number of amides is 1. The molecule has 0 aromatic carbocycles. The van der Waals surface area contributed by atoms with Crippen LogP contribution in [0.3, 0.4) is 0 Å². The van der Waals surface area contributed by atoms with Crippen molar-refractivity contribution in [3.63, 3.8) is 0 Å². The van der Waals surface area contributed by atoms with Crippen LogP contribution in [-0.2, 0) is 10.0 Å². The van der Waals surface area contributed by atoms with Gasteiger partial charge >= 0.3 is 0 Å². The molecular weight excluding hydrogens is 292 g/mol. The summed E-state index contributed by atoms with van der Waals surface area (Å²) in [5.41, 5.74) is 0. The number of rotatable bonds is 9. The minimum atomic E-state index is -3.66. The van der Waals surface area contributed by atoms with Crippen LogP contribution in [0.4, 0.5) is 0 Å². The van der Waals surface area contributed by atoms with Gasteiger partial charge in [-0.3, -0.25) is 4.79 Å². The van der Waals surface area contributed by atoms with Crippen LogP contribution >= 0.6 is 0 Å². The predicted octanol–water partition coefficient (Wildman–Crippen LogP) is 2.23. The third-order valence-electron chi connectivity index (χ3n) is 3.18. The van der Waals surface area contributed by atoms with E-state index in [1.165, 1.54) is 19.2 Å². The van der Waals surface area contributed by atoms with E-state index in [1.807, 2.05) is 0 Å². The van der Waals surface area contributed by atoms with E-state index in [0.717, 1.165) is 25.7 Å². The summed E-state index contributed by atoms with van der Waals surface area (Å²) >= 11 is 0. The van der Waals surface area contributed by atoms with Crippen LogP contribution in [0.5, 0.6) is 0 Å². The van der Waals surface area contributed by atoms with Crippen molar-refractivity contribution >= 4 is 15.9 Å². The lowest BCUT2D eigenvalue weighted by molar-refractivity contribution is 0.0713. The third-order valence-corrected chi connectivity index (χ3v) is 4.46. The molecule has 0 unspecified atom stereocenters. The fraction of sp³-hybridized carbons (Fsp3) is 0.643. The Morgan fingerprint density at radius 3 is 2.24 bits per heavy atom. The van der Waals surface area contributed by atoms with Crippen LogP contribution in [0.25, 0.3) is 0 Å². The first kappa shape index (κ1) is 17.7. The molecule has 1 heterocycles. The quantitative estimate of drug-likeness (QED) is 0.757. The van der Waals surface area contributed by atoms with Crippen molar-refractivity contribution in [2.24, 2.45) is 0 Å². The summed E-state index contributed by atoms with van der Waals surface area (Å²) in [4.78, 5) is 14.1. The minimum Gasteiger partial charge on any atom is -0.438 e. The van der Waals surface area contributed by atoms with E-state index < -0.39 is 10.0 Å². The highest BCUT2D eigenvalue weighted by atomic mass is 32.2. The zero-order valence-corrected chi connectivity index (χ0v) is 13.7. The van der Waals surface area contributed by atoms with Crippen LogP contribution in [0.2, 0.25) is 0 Å². The number of hydrogen-bond donors (Lipinski definition) is 1. The van der Waals surface area contributed by atoms with E-state index >= 15 is 0 Å². The molecule has 7 heteroatoms. The molecule has 1 N–H and O–H groups in total. The predicted molar refractivity (Wildman–Crippen MR) is 80.7 cm³/mol. The molecule has 1 rings (SSSR count). The molecule has 1 amide bonds. The van der Waals surface area contributed by atoms with Gasteiger partial charge in [-0.25, -0.2) is 13.1 Å². The molecule has 0 radical (unpaired) electrons. The number of carbonyl (C=O) groups is 1. The molecule has 0 saturated heterocycles. The van der Waals surface area contributed by atoms with Gasteiger partial charge in [-0.1, -0.05) is 26.7 Å². The summed E-state index contributed by atoms with van der Waals surface area (Å²) in [6, 6.07) is 2.72. The molecule has 0 fully saturated rings. The lowest BCUT2D eigenvalue weighted by atomic mass is 10.2. The Bertz CT molecular complexity index is 543. The molecule has 0 atom stereocenters. The summed E-state index contributed by atoms with van der Waals surface area (Å²) < 4.78 is 30.6. The van der Waals surface area contributed by atoms with Crippen LogP contribution in [-0.4, -0.2) is 39.4 Å². The second kappa shape index (κ2) is 8.19. The van der Waals surface area contributed by atoms with Crippen LogP contribution in [0.15, 0.2) is 21.6 Å². The number of carbonyl (C=O) groups excluding carboxylic acids is 1. The molecular formula is C14H24N2O4S. The van der Waals surface area contributed by atoms with E-state index in [-0.39, 0.29) is 16.8 Å². The van der Waals surface area contributed by atoms with Gasteiger partial charge in [0.15, 0.2) is 5.76 Å². The van der Waals surface area contributed by atoms with E-state index in [4.69, 9.17) is 4.42 Å². The fourth-order valence-electron chi connectivity index (χ4n) is 1.85. The smallest absolute Gasteiger partial charge is 0.289 e. The van der Waals surface area contributed by atoms with Crippen molar-refractivity contribution < 1.29 is 17.6 Å². The number of furan rings is 1.